The number of fused-ring (bicyclic) bond motifs is 1. The van der Waals surface area contributed by atoms with Crippen LogP contribution < -0.4 is 16.4 Å². The highest BCUT2D eigenvalue weighted by molar-refractivity contribution is 7.21. The molecule has 0 saturated carbocycles. The molecule has 0 saturated heterocycles. The second kappa shape index (κ2) is 7.33. The molecule has 0 bridgehead atoms. The van der Waals surface area contributed by atoms with E-state index in [1.54, 1.807) is 6.92 Å². The predicted molar refractivity (Wildman–Crippen MR) is 102 cm³/mol. The topological polar surface area (TPSA) is 133 Å². The molecular weight excluding hydrogens is 373 g/mol. The van der Waals surface area contributed by atoms with Gasteiger partial charge in [-0.1, -0.05) is 6.07 Å². The van der Waals surface area contributed by atoms with Crippen molar-refractivity contribution in [3.63, 3.8) is 0 Å². The van der Waals surface area contributed by atoms with Crippen LogP contribution in [0.2, 0.25) is 0 Å². The Morgan fingerprint density at radius 3 is 2.81 bits per heavy atom. The summed E-state index contributed by atoms with van der Waals surface area (Å²) in [6, 6.07) is 3.80. The second-order valence-corrected chi connectivity index (χ2v) is 6.87. The average molecular weight is 391 g/mol. The van der Waals surface area contributed by atoms with Gasteiger partial charge in [0.05, 0.1) is 23.4 Å². The van der Waals surface area contributed by atoms with Crippen molar-refractivity contribution in [2.24, 2.45) is 0 Å². The summed E-state index contributed by atoms with van der Waals surface area (Å²) in [6.07, 6.45) is 0. The van der Waals surface area contributed by atoms with E-state index in [-0.39, 0.29) is 40.4 Å². The molecule has 142 valence electrons. The van der Waals surface area contributed by atoms with E-state index in [0.717, 1.165) is 11.3 Å². The fourth-order valence-corrected chi connectivity index (χ4v) is 3.57. The number of halogens is 1. The summed E-state index contributed by atoms with van der Waals surface area (Å²) in [4.78, 5) is 21.4. The lowest BCUT2D eigenvalue weighted by Gasteiger charge is -2.13. The summed E-state index contributed by atoms with van der Waals surface area (Å²) in [7, 11) is 1.48. The lowest BCUT2D eigenvalue weighted by Crippen LogP contribution is -2.21. The first kappa shape index (κ1) is 18.8. The summed E-state index contributed by atoms with van der Waals surface area (Å²) in [5, 5.41) is 24.7. The first-order valence-electron chi connectivity index (χ1n) is 8.04. The van der Waals surface area contributed by atoms with Crippen LogP contribution in [0, 0.1) is 5.82 Å². The van der Waals surface area contributed by atoms with Crippen LogP contribution in [0.15, 0.2) is 18.2 Å². The van der Waals surface area contributed by atoms with Gasteiger partial charge in [0.2, 0.25) is 5.95 Å². The molecule has 0 unspecified atom stereocenters. The van der Waals surface area contributed by atoms with Crippen molar-refractivity contribution >= 4 is 39.1 Å². The molecule has 1 aromatic carbocycles. The van der Waals surface area contributed by atoms with Crippen molar-refractivity contribution in [2.75, 3.05) is 24.7 Å². The Bertz CT molecular complexity index is 1020. The molecule has 0 radical (unpaired) electrons. The maximum absolute atomic E-state index is 14.6. The average Bonchev–Trinajstić information content (AvgIpc) is 2.99. The number of carbonyl (C=O) groups is 1. The number of rotatable bonds is 5. The minimum absolute atomic E-state index is 0.0232. The first-order chi connectivity index (χ1) is 12.9. The molecule has 0 spiro atoms. The van der Waals surface area contributed by atoms with Crippen LogP contribution in [0.4, 0.5) is 16.0 Å². The number of nitrogens with one attached hydrogen (secondary N) is 2. The van der Waals surface area contributed by atoms with Crippen LogP contribution in [-0.2, 0) is 0 Å². The monoisotopic (exact) mass is 391 g/mol. The predicted octanol–water partition coefficient (Wildman–Crippen LogP) is 1.94. The van der Waals surface area contributed by atoms with Gasteiger partial charge in [0.1, 0.15) is 9.71 Å². The van der Waals surface area contributed by atoms with E-state index in [1.165, 1.54) is 25.2 Å². The van der Waals surface area contributed by atoms with Gasteiger partial charge in [-0.25, -0.2) is 14.4 Å². The minimum Gasteiger partial charge on any atom is -0.505 e. The number of carbonyl (C=O) groups excluding carboxylic acids is 1. The van der Waals surface area contributed by atoms with Crippen LogP contribution in [-0.4, -0.2) is 45.8 Å². The molecule has 1 amide bonds. The van der Waals surface area contributed by atoms with E-state index in [0.29, 0.717) is 10.2 Å². The number of nitrogens with zero attached hydrogens (tertiary/aromatic N) is 2. The number of thiophene rings is 1. The zero-order valence-corrected chi connectivity index (χ0v) is 15.4. The number of amides is 1. The number of hydrogen-bond donors (Lipinski definition) is 5. The maximum atomic E-state index is 14.6. The Labute approximate surface area is 157 Å². The molecule has 27 heavy (non-hydrogen) atoms. The van der Waals surface area contributed by atoms with E-state index < -0.39 is 17.5 Å². The number of anilines is 2. The van der Waals surface area contributed by atoms with Gasteiger partial charge in [0.25, 0.3) is 5.91 Å². The van der Waals surface area contributed by atoms with E-state index in [1.807, 2.05) is 0 Å². The Balaban J connectivity index is 2.32. The Hall–Kier alpha value is -2.98. The SMILES string of the molecule is CNC(=O)c1sc2nc(N[C@H](C)CO)nc(-c3cccc(O)c3F)c2c1N. The van der Waals surface area contributed by atoms with Crippen molar-refractivity contribution in [1.82, 2.24) is 15.3 Å². The van der Waals surface area contributed by atoms with E-state index in [4.69, 9.17) is 5.73 Å². The van der Waals surface area contributed by atoms with Crippen molar-refractivity contribution in [3.8, 4) is 17.0 Å². The third kappa shape index (κ3) is 3.36. The van der Waals surface area contributed by atoms with Gasteiger partial charge >= 0.3 is 0 Å². The van der Waals surface area contributed by atoms with Crippen LogP contribution in [0.1, 0.15) is 16.6 Å². The molecule has 1 atom stereocenters. The molecule has 2 aromatic heterocycles. The van der Waals surface area contributed by atoms with Crippen molar-refractivity contribution in [3.05, 3.63) is 28.9 Å². The van der Waals surface area contributed by atoms with Gasteiger partial charge in [0.15, 0.2) is 11.6 Å². The molecule has 8 nitrogen and oxygen atoms in total. The Morgan fingerprint density at radius 2 is 2.15 bits per heavy atom. The molecular formula is C17H18FN5O3S. The number of aromatic nitrogens is 2. The number of aliphatic hydroxyl groups is 1. The zero-order valence-electron chi connectivity index (χ0n) is 14.6. The molecule has 3 aromatic rings. The maximum Gasteiger partial charge on any atom is 0.263 e. The minimum atomic E-state index is -0.856. The van der Waals surface area contributed by atoms with Gasteiger partial charge < -0.3 is 26.6 Å². The molecule has 0 aliphatic heterocycles. The smallest absolute Gasteiger partial charge is 0.263 e. The van der Waals surface area contributed by atoms with Gasteiger partial charge in [-0.15, -0.1) is 11.3 Å². The highest BCUT2D eigenvalue weighted by atomic mass is 32.1. The summed E-state index contributed by atoms with van der Waals surface area (Å²) in [5.41, 5.74) is 6.44. The number of nitrogen functional groups attached to an aromatic ring is 1. The Morgan fingerprint density at radius 1 is 1.41 bits per heavy atom. The quantitative estimate of drug-likeness (QED) is 0.449. The normalized spacial score (nSPS) is 12.1. The fraction of sp³-hybridized carbons (Fsp3) is 0.235. The molecule has 3 rings (SSSR count). The number of phenols is 1. The number of aliphatic hydroxyl groups excluding tert-OH is 1. The lowest BCUT2D eigenvalue weighted by molar-refractivity contribution is 0.0968. The number of hydrogen-bond acceptors (Lipinski definition) is 8. The lowest BCUT2D eigenvalue weighted by atomic mass is 10.1. The van der Waals surface area contributed by atoms with E-state index >= 15 is 0 Å². The van der Waals surface area contributed by atoms with Crippen LogP contribution in [0.3, 0.4) is 0 Å². The van der Waals surface area contributed by atoms with Gasteiger partial charge in [0, 0.05) is 18.7 Å². The molecule has 0 aliphatic carbocycles. The van der Waals surface area contributed by atoms with Gasteiger partial charge in [-0.2, -0.15) is 0 Å². The Kier molecular flexibility index (Phi) is 5.10. The third-order valence-electron chi connectivity index (χ3n) is 3.90. The second-order valence-electron chi connectivity index (χ2n) is 5.87. The summed E-state index contributed by atoms with van der Waals surface area (Å²) < 4.78 is 14.6. The van der Waals surface area contributed by atoms with Gasteiger partial charge in [-0.3, -0.25) is 4.79 Å². The first-order valence-corrected chi connectivity index (χ1v) is 8.86. The number of nitrogens with two attached hydrogens (primary N) is 1. The van der Waals surface area contributed by atoms with E-state index in [9.17, 15) is 19.4 Å². The number of phenolic OH excluding ortho intramolecular Hbond substituents is 1. The third-order valence-corrected chi connectivity index (χ3v) is 5.00. The molecule has 2 heterocycles. The van der Waals surface area contributed by atoms with Crippen LogP contribution in [0.25, 0.3) is 21.5 Å². The summed E-state index contributed by atoms with van der Waals surface area (Å²) in [6.45, 7) is 1.56. The molecule has 0 aliphatic rings. The fourth-order valence-electron chi connectivity index (χ4n) is 2.53. The summed E-state index contributed by atoms with van der Waals surface area (Å²) >= 11 is 1.05. The highest BCUT2D eigenvalue weighted by Crippen LogP contribution is 2.40. The largest absolute Gasteiger partial charge is 0.505 e. The van der Waals surface area contributed by atoms with Crippen molar-refractivity contribution < 1.29 is 19.4 Å². The van der Waals surface area contributed by atoms with Gasteiger partial charge in [-0.05, 0) is 19.1 Å². The van der Waals surface area contributed by atoms with Crippen molar-refractivity contribution in [2.45, 2.75) is 13.0 Å². The standard InChI is InChI=1S/C17H18FN5O3S/c1-7(6-24)21-17-22-13(8-4-3-5-9(25)11(8)18)10-12(19)14(15(26)20-2)27-16(10)23-17/h3-5,7,24-25H,6,19H2,1-2H3,(H,20,26)(H,21,22,23)/t7-/m1/s1. The number of aromatic hydroxyl groups is 1. The molecule has 0 fully saturated rings. The van der Waals surface area contributed by atoms with E-state index in [2.05, 4.69) is 20.6 Å². The van der Waals surface area contributed by atoms with Crippen LogP contribution in [0.5, 0.6) is 5.75 Å². The molecule has 6 N–H and O–H groups in total. The van der Waals surface area contributed by atoms with Crippen molar-refractivity contribution in [1.29, 1.82) is 0 Å². The number of benzene rings is 1. The van der Waals surface area contributed by atoms with Crippen LogP contribution >= 0.6 is 11.3 Å². The molecule has 10 heteroatoms. The highest BCUT2D eigenvalue weighted by Gasteiger charge is 2.24. The summed E-state index contributed by atoms with van der Waals surface area (Å²) in [5.74, 6) is -1.63. The zero-order chi connectivity index (χ0) is 19.7.